The summed E-state index contributed by atoms with van der Waals surface area (Å²) in [5, 5.41) is 3.13. The number of aromatic nitrogens is 2. The van der Waals surface area contributed by atoms with Crippen LogP contribution in [0, 0.1) is 0 Å². The van der Waals surface area contributed by atoms with Crippen molar-refractivity contribution >= 4 is 57.4 Å². The van der Waals surface area contributed by atoms with Gasteiger partial charge in [-0.1, -0.05) is 41.6 Å². The SMILES string of the molecule is O=C(CSc1nc2ccccc2c(=O)n1-c1ccc(Cl)cc1)NNC(=O)c1cccs1. The number of carbonyl (C=O) groups is 2. The van der Waals surface area contributed by atoms with Gasteiger partial charge in [0.05, 0.1) is 27.2 Å². The fourth-order valence-electron chi connectivity index (χ4n) is 2.79. The lowest BCUT2D eigenvalue weighted by Crippen LogP contribution is -2.42. The number of benzene rings is 2. The normalized spacial score (nSPS) is 10.7. The largest absolute Gasteiger partial charge is 0.279 e. The highest BCUT2D eigenvalue weighted by Gasteiger charge is 2.15. The highest BCUT2D eigenvalue weighted by molar-refractivity contribution is 7.99. The number of rotatable bonds is 5. The summed E-state index contributed by atoms with van der Waals surface area (Å²) in [6.45, 7) is 0. The molecule has 0 aliphatic rings. The van der Waals surface area contributed by atoms with E-state index in [2.05, 4.69) is 15.8 Å². The first-order valence-corrected chi connectivity index (χ1v) is 11.3. The number of thiophene rings is 1. The molecule has 2 aromatic heterocycles. The third-order valence-electron chi connectivity index (χ3n) is 4.22. The molecule has 0 aliphatic carbocycles. The van der Waals surface area contributed by atoms with Crippen LogP contribution in [0.4, 0.5) is 0 Å². The average Bonchev–Trinajstić information content (AvgIpc) is 3.32. The van der Waals surface area contributed by atoms with E-state index in [4.69, 9.17) is 11.6 Å². The van der Waals surface area contributed by atoms with Crippen molar-refractivity contribution in [1.29, 1.82) is 0 Å². The van der Waals surface area contributed by atoms with Gasteiger partial charge in [0.25, 0.3) is 11.5 Å². The third-order valence-corrected chi connectivity index (χ3v) is 6.28. The van der Waals surface area contributed by atoms with Gasteiger partial charge in [-0.2, -0.15) is 0 Å². The molecule has 4 rings (SSSR count). The first-order chi connectivity index (χ1) is 15.0. The van der Waals surface area contributed by atoms with Gasteiger partial charge in [0.1, 0.15) is 0 Å². The molecule has 2 N–H and O–H groups in total. The van der Waals surface area contributed by atoms with Gasteiger partial charge >= 0.3 is 0 Å². The van der Waals surface area contributed by atoms with Gasteiger partial charge in [-0.3, -0.25) is 29.8 Å². The molecule has 0 saturated heterocycles. The van der Waals surface area contributed by atoms with E-state index in [0.29, 0.717) is 31.6 Å². The minimum Gasteiger partial charge on any atom is -0.272 e. The number of hydrogen-bond acceptors (Lipinski definition) is 6. The van der Waals surface area contributed by atoms with Crippen LogP contribution >= 0.6 is 34.7 Å². The van der Waals surface area contributed by atoms with E-state index in [9.17, 15) is 14.4 Å². The Morgan fingerprint density at radius 1 is 1.03 bits per heavy atom. The molecule has 0 radical (unpaired) electrons. The van der Waals surface area contributed by atoms with Crippen LogP contribution in [-0.2, 0) is 4.79 Å². The van der Waals surface area contributed by atoms with Gasteiger partial charge in [-0.15, -0.1) is 11.3 Å². The van der Waals surface area contributed by atoms with Gasteiger partial charge in [-0.05, 0) is 47.8 Å². The van der Waals surface area contributed by atoms with Crippen molar-refractivity contribution < 1.29 is 9.59 Å². The van der Waals surface area contributed by atoms with E-state index in [1.54, 1.807) is 66.0 Å². The highest BCUT2D eigenvalue weighted by Crippen LogP contribution is 2.22. The zero-order valence-electron chi connectivity index (χ0n) is 15.9. The number of thioether (sulfide) groups is 1. The Balaban J connectivity index is 1.57. The monoisotopic (exact) mass is 470 g/mol. The summed E-state index contributed by atoms with van der Waals surface area (Å²) >= 11 is 8.34. The molecule has 2 heterocycles. The Labute approximate surface area is 190 Å². The lowest BCUT2D eigenvalue weighted by molar-refractivity contribution is -0.119. The Morgan fingerprint density at radius 2 is 1.81 bits per heavy atom. The number of halogens is 1. The van der Waals surface area contributed by atoms with Crippen molar-refractivity contribution in [1.82, 2.24) is 20.4 Å². The van der Waals surface area contributed by atoms with Crippen molar-refractivity contribution in [2.75, 3.05) is 5.75 Å². The van der Waals surface area contributed by atoms with Crippen molar-refractivity contribution in [3.63, 3.8) is 0 Å². The van der Waals surface area contributed by atoms with Crippen LogP contribution in [-0.4, -0.2) is 27.1 Å². The molecule has 0 bridgehead atoms. The van der Waals surface area contributed by atoms with Crippen LogP contribution in [0.15, 0.2) is 76.0 Å². The molecule has 2 aromatic carbocycles. The standard InChI is InChI=1S/C21H15ClN4O3S2/c22-13-7-9-14(10-8-13)26-20(29)15-4-1-2-5-16(15)23-21(26)31-12-18(27)24-25-19(28)17-6-3-11-30-17/h1-11H,12H2,(H,24,27)(H,25,28). The first kappa shape index (κ1) is 21.1. The quantitative estimate of drug-likeness (QED) is 0.264. The van der Waals surface area contributed by atoms with E-state index >= 15 is 0 Å². The Bertz CT molecular complexity index is 1300. The number of hydrazine groups is 1. The number of para-hydroxylation sites is 1. The van der Waals surface area contributed by atoms with Crippen LogP contribution in [0.2, 0.25) is 5.02 Å². The van der Waals surface area contributed by atoms with Crippen molar-refractivity contribution in [3.05, 3.63) is 86.3 Å². The second kappa shape index (κ2) is 9.34. The second-order valence-electron chi connectivity index (χ2n) is 6.30. The Morgan fingerprint density at radius 3 is 2.55 bits per heavy atom. The Hall–Kier alpha value is -3.14. The molecule has 0 spiro atoms. The number of amides is 2. The predicted octanol–water partition coefficient (Wildman–Crippen LogP) is 3.65. The van der Waals surface area contributed by atoms with Gasteiger partial charge in [0, 0.05) is 5.02 Å². The summed E-state index contributed by atoms with van der Waals surface area (Å²) in [5.74, 6) is -0.876. The zero-order valence-corrected chi connectivity index (χ0v) is 18.3. The number of nitrogens with zero attached hydrogens (tertiary/aromatic N) is 2. The van der Waals surface area contributed by atoms with Crippen LogP contribution < -0.4 is 16.4 Å². The van der Waals surface area contributed by atoms with Crippen molar-refractivity contribution in [3.8, 4) is 5.69 Å². The fourth-order valence-corrected chi connectivity index (χ4v) is 4.35. The molecule has 0 atom stereocenters. The van der Waals surface area contributed by atoms with Gasteiger partial charge in [0.2, 0.25) is 5.91 Å². The summed E-state index contributed by atoms with van der Waals surface area (Å²) in [7, 11) is 0. The van der Waals surface area contributed by atoms with E-state index < -0.39 is 11.8 Å². The summed E-state index contributed by atoms with van der Waals surface area (Å²) in [5.41, 5.74) is 5.61. The van der Waals surface area contributed by atoms with E-state index in [1.807, 2.05) is 0 Å². The summed E-state index contributed by atoms with van der Waals surface area (Å²) in [4.78, 5) is 42.4. The average molecular weight is 471 g/mol. The van der Waals surface area contributed by atoms with Gasteiger partial charge in [-0.25, -0.2) is 4.98 Å². The predicted molar refractivity (Wildman–Crippen MR) is 123 cm³/mol. The smallest absolute Gasteiger partial charge is 0.272 e. The van der Waals surface area contributed by atoms with Crippen molar-refractivity contribution in [2.24, 2.45) is 0 Å². The summed E-state index contributed by atoms with van der Waals surface area (Å²) < 4.78 is 1.45. The molecule has 156 valence electrons. The molecule has 0 saturated carbocycles. The summed E-state index contributed by atoms with van der Waals surface area (Å²) in [6.07, 6.45) is 0. The molecular formula is C21H15ClN4O3S2. The minimum atomic E-state index is -0.431. The molecule has 0 fully saturated rings. The number of fused-ring (bicyclic) bond motifs is 1. The zero-order chi connectivity index (χ0) is 21.8. The van der Waals surface area contributed by atoms with Crippen molar-refractivity contribution in [2.45, 2.75) is 5.16 Å². The third kappa shape index (κ3) is 4.79. The molecule has 7 nitrogen and oxygen atoms in total. The topological polar surface area (TPSA) is 93.1 Å². The van der Waals surface area contributed by atoms with E-state index in [-0.39, 0.29) is 11.3 Å². The van der Waals surface area contributed by atoms with E-state index in [1.165, 1.54) is 15.9 Å². The minimum absolute atomic E-state index is 0.0525. The highest BCUT2D eigenvalue weighted by atomic mass is 35.5. The first-order valence-electron chi connectivity index (χ1n) is 9.06. The van der Waals surface area contributed by atoms with Crippen LogP contribution in [0.3, 0.4) is 0 Å². The maximum absolute atomic E-state index is 13.1. The molecule has 2 amide bonds. The molecule has 10 heteroatoms. The summed E-state index contributed by atoms with van der Waals surface area (Å²) in [6, 6.07) is 17.2. The van der Waals surface area contributed by atoms with Crippen LogP contribution in [0.1, 0.15) is 9.67 Å². The van der Waals surface area contributed by atoms with Gasteiger partial charge in [0.15, 0.2) is 5.16 Å². The number of nitrogens with one attached hydrogen (secondary N) is 2. The molecular weight excluding hydrogens is 456 g/mol. The molecule has 31 heavy (non-hydrogen) atoms. The maximum atomic E-state index is 13.1. The molecule has 4 aromatic rings. The second-order valence-corrected chi connectivity index (χ2v) is 8.62. The molecule has 0 unspecified atom stereocenters. The van der Waals surface area contributed by atoms with Crippen LogP contribution in [0.25, 0.3) is 16.6 Å². The number of carbonyl (C=O) groups excluding carboxylic acids is 2. The molecule has 0 aliphatic heterocycles. The lowest BCUT2D eigenvalue weighted by atomic mass is 10.2. The van der Waals surface area contributed by atoms with Crippen LogP contribution in [0.5, 0.6) is 0 Å². The van der Waals surface area contributed by atoms with E-state index in [0.717, 1.165) is 11.8 Å². The maximum Gasteiger partial charge on any atom is 0.279 e. The fraction of sp³-hybridized carbons (Fsp3) is 0.0476. The lowest BCUT2D eigenvalue weighted by Gasteiger charge is -2.13. The van der Waals surface area contributed by atoms with Gasteiger partial charge < -0.3 is 0 Å². The number of hydrogen-bond donors (Lipinski definition) is 2. The Kier molecular flexibility index (Phi) is 6.36.